The van der Waals surface area contributed by atoms with E-state index in [1.807, 2.05) is 24.3 Å². The number of pyridine rings is 2. The third-order valence-corrected chi connectivity index (χ3v) is 5.86. The minimum absolute atomic E-state index is 0.125. The van der Waals surface area contributed by atoms with Crippen LogP contribution in [0.2, 0.25) is 0 Å². The molecule has 1 aromatic carbocycles. The third kappa shape index (κ3) is 2.08. The highest BCUT2D eigenvalue weighted by Crippen LogP contribution is 2.38. The van der Waals surface area contributed by atoms with E-state index >= 15 is 0 Å². The Hall–Kier alpha value is -3.03. The lowest BCUT2D eigenvalue weighted by atomic mass is 9.86. The van der Waals surface area contributed by atoms with Gasteiger partial charge in [0, 0.05) is 23.1 Å². The predicted molar refractivity (Wildman–Crippen MR) is 102 cm³/mol. The first-order valence-corrected chi connectivity index (χ1v) is 9.26. The van der Waals surface area contributed by atoms with Crippen LogP contribution in [0, 0.1) is 0 Å². The monoisotopic (exact) mass is 377 g/mol. The number of fused-ring (bicyclic) bond motifs is 5. The molecule has 2 aliphatic heterocycles. The Morgan fingerprint density at radius 3 is 2.89 bits per heavy atom. The van der Waals surface area contributed by atoms with E-state index in [-0.39, 0.29) is 18.6 Å². The minimum Gasteiger partial charge on any atom is -0.458 e. The number of aromatic nitrogens is 2. The van der Waals surface area contributed by atoms with Gasteiger partial charge in [0.15, 0.2) is 5.60 Å². The van der Waals surface area contributed by atoms with Crippen LogP contribution >= 0.6 is 0 Å². The number of aliphatic hydroxyl groups is 1. The molecule has 0 saturated heterocycles. The first-order valence-electron chi connectivity index (χ1n) is 9.26. The van der Waals surface area contributed by atoms with Crippen molar-refractivity contribution < 1.29 is 14.6 Å². The van der Waals surface area contributed by atoms with Crippen molar-refractivity contribution >= 4 is 16.9 Å². The highest BCUT2D eigenvalue weighted by Gasteiger charge is 2.45. The van der Waals surface area contributed by atoms with Gasteiger partial charge < -0.3 is 20.1 Å². The van der Waals surface area contributed by atoms with Gasteiger partial charge in [0.25, 0.3) is 5.56 Å². The van der Waals surface area contributed by atoms with Gasteiger partial charge in [0.1, 0.15) is 6.61 Å². The number of nitrogens with zero attached hydrogens (tertiary/aromatic N) is 2. The van der Waals surface area contributed by atoms with Gasteiger partial charge >= 0.3 is 5.97 Å². The molecule has 142 valence electrons. The Kier molecular flexibility index (Phi) is 3.50. The summed E-state index contributed by atoms with van der Waals surface area (Å²) >= 11 is 0. The minimum atomic E-state index is -1.81. The summed E-state index contributed by atoms with van der Waals surface area (Å²) in [5.74, 6) is -0.718. The fourth-order valence-corrected chi connectivity index (χ4v) is 4.24. The number of hydrogen-bond donors (Lipinski definition) is 2. The summed E-state index contributed by atoms with van der Waals surface area (Å²) in [4.78, 5) is 30.1. The van der Waals surface area contributed by atoms with Crippen LogP contribution in [0.1, 0.15) is 35.6 Å². The zero-order chi connectivity index (χ0) is 19.6. The highest BCUT2D eigenvalue weighted by atomic mass is 16.6. The molecular formula is C21H19N3O4. The molecule has 0 spiro atoms. The quantitative estimate of drug-likeness (QED) is 0.513. The number of carbonyl (C=O) groups is 1. The largest absolute Gasteiger partial charge is 0.458 e. The first kappa shape index (κ1) is 17.1. The van der Waals surface area contributed by atoms with Crippen LogP contribution < -0.4 is 11.3 Å². The number of cyclic esters (lactones) is 1. The molecule has 0 bridgehead atoms. The molecule has 7 nitrogen and oxygen atoms in total. The number of esters is 1. The van der Waals surface area contributed by atoms with Crippen LogP contribution in [0.25, 0.3) is 22.3 Å². The SMILES string of the molecule is CC[C@@]1(O)C(=O)OCc2c1cc1n(c2=O)Cc2cc3c(CN)cccc3nc2-1. The number of rotatable bonds is 2. The second kappa shape index (κ2) is 5.73. The van der Waals surface area contributed by atoms with E-state index in [0.29, 0.717) is 35.6 Å². The number of benzene rings is 1. The van der Waals surface area contributed by atoms with E-state index in [9.17, 15) is 14.7 Å². The summed E-state index contributed by atoms with van der Waals surface area (Å²) in [6, 6.07) is 9.53. The van der Waals surface area contributed by atoms with Crippen LogP contribution in [-0.2, 0) is 34.8 Å². The molecule has 0 unspecified atom stereocenters. The summed E-state index contributed by atoms with van der Waals surface area (Å²) in [5.41, 5.74) is 8.45. The molecule has 5 rings (SSSR count). The normalized spacial score (nSPS) is 19.9. The summed E-state index contributed by atoms with van der Waals surface area (Å²) < 4.78 is 6.72. The highest BCUT2D eigenvalue weighted by molar-refractivity contribution is 5.88. The Bertz CT molecular complexity index is 1230. The van der Waals surface area contributed by atoms with Crippen LogP contribution in [0.4, 0.5) is 0 Å². The predicted octanol–water partition coefficient (Wildman–Crippen LogP) is 1.54. The van der Waals surface area contributed by atoms with Crippen molar-refractivity contribution in [3.05, 3.63) is 62.9 Å². The van der Waals surface area contributed by atoms with Crippen molar-refractivity contribution in [2.75, 3.05) is 0 Å². The Morgan fingerprint density at radius 2 is 2.14 bits per heavy atom. The molecule has 3 aromatic rings. The number of ether oxygens (including phenoxy) is 1. The smallest absolute Gasteiger partial charge is 0.343 e. The van der Waals surface area contributed by atoms with Crippen molar-refractivity contribution in [2.45, 2.75) is 38.6 Å². The molecule has 1 atom stereocenters. The lowest BCUT2D eigenvalue weighted by molar-refractivity contribution is -0.172. The maximum atomic E-state index is 13.1. The number of nitrogens with two attached hydrogens (primary N) is 1. The fraction of sp³-hybridized carbons (Fsp3) is 0.286. The lowest BCUT2D eigenvalue weighted by Gasteiger charge is -2.31. The van der Waals surface area contributed by atoms with Crippen LogP contribution in [0.3, 0.4) is 0 Å². The molecule has 2 aliphatic rings. The Balaban J connectivity index is 1.79. The molecule has 4 heterocycles. The number of hydrogen-bond acceptors (Lipinski definition) is 6. The van der Waals surface area contributed by atoms with Gasteiger partial charge in [-0.1, -0.05) is 19.1 Å². The van der Waals surface area contributed by atoms with Gasteiger partial charge in [0.05, 0.1) is 29.0 Å². The summed E-state index contributed by atoms with van der Waals surface area (Å²) in [6.45, 7) is 2.35. The summed E-state index contributed by atoms with van der Waals surface area (Å²) in [7, 11) is 0. The van der Waals surface area contributed by atoms with Crippen LogP contribution in [0.15, 0.2) is 35.1 Å². The zero-order valence-electron chi connectivity index (χ0n) is 15.4. The summed E-state index contributed by atoms with van der Waals surface area (Å²) in [5, 5.41) is 11.9. The van der Waals surface area contributed by atoms with E-state index in [1.54, 1.807) is 17.6 Å². The van der Waals surface area contributed by atoms with E-state index < -0.39 is 11.6 Å². The molecule has 2 aromatic heterocycles. The fourth-order valence-electron chi connectivity index (χ4n) is 4.24. The van der Waals surface area contributed by atoms with Crippen molar-refractivity contribution in [3.63, 3.8) is 0 Å². The third-order valence-electron chi connectivity index (χ3n) is 5.86. The van der Waals surface area contributed by atoms with E-state index in [1.165, 1.54) is 0 Å². The molecule has 7 heteroatoms. The van der Waals surface area contributed by atoms with Crippen LogP contribution in [0.5, 0.6) is 0 Å². The van der Waals surface area contributed by atoms with Gasteiger partial charge in [-0.3, -0.25) is 4.79 Å². The average Bonchev–Trinajstić information content (AvgIpc) is 3.07. The molecule has 0 saturated carbocycles. The molecule has 0 radical (unpaired) electrons. The van der Waals surface area contributed by atoms with E-state index in [2.05, 4.69) is 0 Å². The van der Waals surface area contributed by atoms with E-state index in [4.69, 9.17) is 15.5 Å². The summed E-state index contributed by atoms with van der Waals surface area (Å²) in [6.07, 6.45) is 0.125. The molecule has 28 heavy (non-hydrogen) atoms. The second-order valence-corrected chi connectivity index (χ2v) is 7.29. The Morgan fingerprint density at radius 1 is 1.32 bits per heavy atom. The standard InChI is InChI=1S/C21H19N3O4/c1-2-21(27)15-7-17-18-12(6-13-11(8-22)4-3-5-16(13)23-18)9-24(17)19(25)14(15)10-28-20(21)26/h3-7,27H,2,8-10,22H2,1H3/t21-/m0/s1. The van der Waals surface area contributed by atoms with Gasteiger partial charge in [-0.2, -0.15) is 0 Å². The van der Waals surface area contributed by atoms with Crippen molar-refractivity contribution in [3.8, 4) is 11.4 Å². The maximum absolute atomic E-state index is 13.1. The molecule has 3 N–H and O–H groups in total. The number of carbonyl (C=O) groups excluding carboxylic acids is 1. The molecule has 0 amide bonds. The van der Waals surface area contributed by atoms with Gasteiger partial charge in [0.2, 0.25) is 0 Å². The topological polar surface area (TPSA) is 107 Å². The lowest BCUT2D eigenvalue weighted by Crippen LogP contribution is -2.44. The van der Waals surface area contributed by atoms with Gasteiger partial charge in [-0.25, -0.2) is 9.78 Å². The van der Waals surface area contributed by atoms with Gasteiger partial charge in [-0.15, -0.1) is 0 Å². The maximum Gasteiger partial charge on any atom is 0.343 e. The van der Waals surface area contributed by atoms with Crippen molar-refractivity contribution in [1.29, 1.82) is 0 Å². The molecule has 0 fully saturated rings. The second-order valence-electron chi connectivity index (χ2n) is 7.29. The average molecular weight is 377 g/mol. The first-order chi connectivity index (χ1) is 13.5. The zero-order valence-corrected chi connectivity index (χ0v) is 15.4. The molecule has 0 aliphatic carbocycles. The van der Waals surface area contributed by atoms with Crippen LogP contribution in [-0.4, -0.2) is 20.6 Å². The van der Waals surface area contributed by atoms with Crippen molar-refractivity contribution in [2.24, 2.45) is 5.73 Å². The van der Waals surface area contributed by atoms with E-state index in [0.717, 1.165) is 22.0 Å². The molecular weight excluding hydrogens is 358 g/mol. The Labute approximate surface area is 160 Å². The van der Waals surface area contributed by atoms with Gasteiger partial charge in [-0.05, 0) is 30.2 Å². The van der Waals surface area contributed by atoms with Crippen molar-refractivity contribution in [1.82, 2.24) is 9.55 Å².